The first kappa shape index (κ1) is 20.8. The summed E-state index contributed by atoms with van der Waals surface area (Å²) in [6.45, 7) is 16.6. The Hall–Kier alpha value is -0.233. The van der Waals surface area contributed by atoms with E-state index in [0.717, 1.165) is 18.9 Å². The summed E-state index contributed by atoms with van der Waals surface area (Å²) in [6, 6.07) is 1.12. The summed E-state index contributed by atoms with van der Waals surface area (Å²) < 4.78 is 17.6. The van der Waals surface area contributed by atoms with Gasteiger partial charge in [0.15, 0.2) is 0 Å². The predicted molar refractivity (Wildman–Crippen MR) is 92.1 cm³/mol. The molecule has 0 N–H and O–H groups in total. The van der Waals surface area contributed by atoms with Crippen LogP contribution in [0.3, 0.4) is 0 Å². The fraction of sp³-hybridized carbons (Fsp3) is 0.938. The van der Waals surface area contributed by atoms with Gasteiger partial charge < -0.3 is 13.3 Å². The number of hydrogen-bond donors (Lipinski definition) is 0. The van der Waals surface area contributed by atoms with Gasteiger partial charge in [0, 0.05) is 37.6 Å². The van der Waals surface area contributed by atoms with E-state index in [-0.39, 0.29) is 6.04 Å². The summed E-state index contributed by atoms with van der Waals surface area (Å²) in [5.74, 6) is 0.657. The minimum atomic E-state index is -2.51. The third-order valence-electron chi connectivity index (χ3n) is 3.11. The van der Waals surface area contributed by atoms with Gasteiger partial charge in [-0.25, -0.2) is 0 Å². The molecule has 126 valence electrons. The van der Waals surface area contributed by atoms with Crippen LogP contribution in [0.1, 0.15) is 61.3 Å². The normalized spacial score (nSPS) is 14.8. The Morgan fingerprint density at radius 1 is 0.952 bits per heavy atom. The maximum atomic E-state index is 5.88. The molecule has 0 aromatic heterocycles. The van der Waals surface area contributed by atoms with E-state index in [9.17, 15) is 0 Å². The van der Waals surface area contributed by atoms with Crippen LogP contribution in [0.2, 0.25) is 6.04 Å². The molecular formula is C16H35NO3Si. The monoisotopic (exact) mass is 317 g/mol. The predicted octanol–water partition coefficient (Wildman–Crippen LogP) is 4.32. The van der Waals surface area contributed by atoms with Crippen molar-refractivity contribution in [3.8, 4) is 0 Å². The zero-order valence-electron chi connectivity index (χ0n) is 15.1. The minimum Gasteiger partial charge on any atom is -0.374 e. The van der Waals surface area contributed by atoms with E-state index in [1.807, 2.05) is 20.8 Å². The van der Waals surface area contributed by atoms with Gasteiger partial charge >= 0.3 is 8.80 Å². The van der Waals surface area contributed by atoms with E-state index in [0.29, 0.717) is 25.7 Å². The van der Waals surface area contributed by atoms with Crippen molar-refractivity contribution in [3.05, 3.63) is 0 Å². The van der Waals surface area contributed by atoms with E-state index in [1.54, 1.807) is 0 Å². The summed E-state index contributed by atoms with van der Waals surface area (Å²) in [5.41, 5.74) is 1.23. The SMILES string of the molecule is CCO[Si](CCC(C)N=C(C)CC(C)C)(OCC)OCC. The Morgan fingerprint density at radius 3 is 1.81 bits per heavy atom. The first-order chi connectivity index (χ1) is 9.89. The van der Waals surface area contributed by atoms with Crippen LogP contribution in [0.25, 0.3) is 0 Å². The fourth-order valence-electron chi connectivity index (χ4n) is 2.47. The highest BCUT2D eigenvalue weighted by Gasteiger charge is 2.40. The van der Waals surface area contributed by atoms with Crippen LogP contribution in [-0.4, -0.2) is 40.4 Å². The van der Waals surface area contributed by atoms with E-state index >= 15 is 0 Å². The second-order valence-corrected chi connectivity index (χ2v) is 8.56. The highest BCUT2D eigenvalue weighted by atomic mass is 28.4. The van der Waals surface area contributed by atoms with Gasteiger partial charge in [0.05, 0.1) is 0 Å². The van der Waals surface area contributed by atoms with Crippen LogP contribution >= 0.6 is 0 Å². The largest absolute Gasteiger partial charge is 0.501 e. The van der Waals surface area contributed by atoms with Crippen molar-refractivity contribution in [2.75, 3.05) is 19.8 Å². The molecule has 0 saturated carbocycles. The van der Waals surface area contributed by atoms with Crippen LogP contribution in [0.15, 0.2) is 4.99 Å². The van der Waals surface area contributed by atoms with E-state index in [1.165, 1.54) is 5.71 Å². The summed E-state index contributed by atoms with van der Waals surface area (Å²) in [7, 11) is -2.51. The molecule has 0 amide bonds. The van der Waals surface area contributed by atoms with Crippen molar-refractivity contribution in [3.63, 3.8) is 0 Å². The van der Waals surface area contributed by atoms with Gasteiger partial charge in [-0.2, -0.15) is 0 Å². The lowest BCUT2D eigenvalue weighted by atomic mass is 10.1. The average Bonchev–Trinajstić information content (AvgIpc) is 2.36. The third kappa shape index (κ3) is 9.40. The van der Waals surface area contributed by atoms with E-state index in [4.69, 9.17) is 18.3 Å². The number of hydrogen-bond acceptors (Lipinski definition) is 4. The molecule has 0 aliphatic carbocycles. The average molecular weight is 318 g/mol. The molecule has 0 aromatic carbocycles. The molecule has 0 radical (unpaired) electrons. The zero-order chi connectivity index (χ0) is 16.3. The molecule has 0 rings (SSSR count). The third-order valence-corrected chi connectivity index (χ3v) is 6.19. The lowest BCUT2D eigenvalue weighted by Crippen LogP contribution is -2.46. The molecule has 0 bridgehead atoms. The highest BCUT2D eigenvalue weighted by molar-refractivity contribution is 6.60. The number of aliphatic imine (C=N–C) groups is 1. The highest BCUT2D eigenvalue weighted by Crippen LogP contribution is 2.20. The summed E-state index contributed by atoms with van der Waals surface area (Å²) in [4.78, 5) is 4.77. The van der Waals surface area contributed by atoms with Gasteiger partial charge in [0.1, 0.15) is 0 Å². The molecule has 5 heteroatoms. The molecule has 0 aromatic rings. The van der Waals surface area contributed by atoms with Gasteiger partial charge in [-0.1, -0.05) is 13.8 Å². The molecule has 0 fully saturated rings. The van der Waals surface area contributed by atoms with Crippen LogP contribution < -0.4 is 0 Å². The lowest BCUT2D eigenvalue weighted by Gasteiger charge is -2.29. The minimum absolute atomic E-state index is 0.289. The second kappa shape index (κ2) is 11.3. The Morgan fingerprint density at radius 2 is 1.43 bits per heavy atom. The van der Waals surface area contributed by atoms with Gasteiger partial charge in [-0.3, -0.25) is 4.99 Å². The second-order valence-electron chi connectivity index (χ2n) is 5.83. The van der Waals surface area contributed by atoms with Crippen LogP contribution in [0.4, 0.5) is 0 Å². The van der Waals surface area contributed by atoms with Crippen LogP contribution in [-0.2, 0) is 13.3 Å². The van der Waals surface area contributed by atoms with Crippen molar-refractivity contribution < 1.29 is 13.3 Å². The molecule has 0 heterocycles. The van der Waals surface area contributed by atoms with Crippen molar-refractivity contribution in [1.82, 2.24) is 0 Å². The number of rotatable bonds is 12. The quantitative estimate of drug-likeness (QED) is 0.397. The maximum absolute atomic E-state index is 5.88. The molecule has 4 nitrogen and oxygen atoms in total. The van der Waals surface area contributed by atoms with E-state index < -0.39 is 8.80 Å². The molecule has 0 aliphatic heterocycles. The van der Waals surface area contributed by atoms with Crippen molar-refractivity contribution >= 4 is 14.5 Å². The van der Waals surface area contributed by atoms with Crippen LogP contribution in [0.5, 0.6) is 0 Å². The maximum Gasteiger partial charge on any atom is 0.501 e. The molecule has 21 heavy (non-hydrogen) atoms. The van der Waals surface area contributed by atoms with Gasteiger partial charge in [-0.05, 0) is 53.4 Å². The topological polar surface area (TPSA) is 40.0 Å². The molecule has 1 unspecified atom stereocenters. The standard InChI is InChI=1S/C16H35NO3Si/c1-8-18-21(19-9-2,20-10-3)12-11-15(6)17-16(7)13-14(4)5/h14-15H,8-13H2,1-7H3. The smallest absolute Gasteiger partial charge is 0.374 e. The lowest BCUT2D eigenvalue weighted by molar-refractivity contribution is 0.0704. The molecule has 0 saturated heterocycles. The summed E-state index contributed by atoms with van der Waals surface area (Å²) in [5, 5.41) is 0. The molecular weight excluding hydrogens is 282 g/mol. The Balaban J connectivity index is 4.57. The first-order valence-corrected chi connectivity index (χ1v) is 10.3. The van der Waals surface area contributed by atoms with Gasteiger partial charge in [0.2, 0.25) is 0 Å². The molecule has 0 aliphatic rings. The summed E-state index contributed by atoms with van der Waals surface area (Å²) in [6.07, 6.45) is 2.01. The fourth-order valence-corrected chi connectivity index (χ4v) is 5.25. The van der Waals surface area contributed by atoms with E-state index in [2.05, 4.69) is 27.7 Å². The Labute approximate surface area is 132 Å². The molecule has 0 spiro atoms. The van der Waals surface area contributed by atoms with Crippen LogP contribution in [0, 0.1) is 5.92 Å². The first-order valence-electron chi connectivity index (χ1n) is 8.34. The number of nitrogens with zero attached hydrogens (tertiary/aromatic N) is 1. The van der Waals surface area contributed by atoms with Gasteiger partial charge in [-0.15, -0.1) is 0 Å². The Bertz CT molecular complexity index is 278. The van der Waals surface area contributed by atoms with Gasteiger partial charge in [0.25, 0.3) is 0 Å². The zero-order valence-corrected chi connectivity index (χ0v) is 16.1. The summed E-state index contributed by atoms with van der Waals surface area (Å²) >= 11 is 0. The van der Waals surface area contributed by atoms with Crippen molar-refractivity contribution in [2.45, 2.75) is 73.4 Å². The van der Waals surface area contributed by atoms with Crippen molar-refractivity contribution in [1.29, 1.82) is 0 Å². The van der Waals surface area contributed by atoms with Crippen molar-refractivity contribution in [2.24, 2.45) is 10.9 Å². The molecule has 1 atom stereocenters. The Kier molecular flexibility index (Phi) is 11.2.